The normalized spacial score (nSPS) is 15.7. The SMILES string of the molecule is CON(C)C(=O)c1cc([N+](=O)[O-])ccc1N1CCC(C)CC1. The highest BCUT2D eigenvalue weighted by Gasteiger charge is 2.25. The first-order valence-electron chi connectivity index (χ1n) is 7.29. The molecule has 1 aromatic carbocycles. The average Bonchev–Trinajstić information content (AvgIpc) is 2.53. The predicted molar refractivity (Wildman–Crippen MR) is 82.8 cm³/mol. The van der Waals surface area contributed by atoms with Crippen LogP contribution in [0.25, 0.3) is 0 Å². The van der Waals surface area contributed by atoms with E-state index in [4.69, 9.17) is 4.84 Å². The zero-order valence-corrected chi connectivity index (χ0v) is 13.1. The lowest BCUT2D eigenvalue weighted by atomic mass is 9.98. The molecule has 22 heavy (non-hydrogen) atoms. The maximum Gasteiger partial charge on any atom is 0.279 e. The molecule has 0 aromatic heterocycles. The number of hydrogen-bond donors (Lipinski definition) is 0. The van der Waals surface area contributed by atoms with E-state index in [1.54, 1.807) is 6.07 Å². The van der Waals surface area contributed by atoms with Crippen molar-refractivity contribution in [2.45, 2.75) is 19.8 Å². The van der Waals surface area contributed by atoms with Gasteiger partial charge in [-0.25, -0.2) is 5.06 Å². The molecule has 0 unspecified atom stereocenters. The zero-order valence-electron chi connectivity index (χ0n) is 13.1. The highest BCUT2D eigenvalue weighted by atomic mass is 16.7. The molecular formula is C15H21N3O4. The number of nitrogens with zero attached hydrogens (tertiary/aromatic N) is 3. The molecule has 0 saturated carbocycles. The summed E-state index contributed by atoms with van der Waals surface area (Å²) in [6.45, 7) is 3.89. The number of nitro groups is 1. The number of rotatable bonds is 4. The van der Waals surface area contributed by atoms with Gasteiger partial charge in [-0.15, -0.1) is 0 Å². The van der Waals surface area contributed by atoms with Crippen LogP contribution in [0, 0.1) is 16.0 Å². The van der Waals surface area contributed by atoms with Gasteiger partial charge in [-0.1, -0.05) is 6.92 Å². The van der Waals surface area contributed by atoms with Gasteiger partial charge in [0.1, 0.15) is 0 Å². The van der Waals surface area contributed by atoms with Crippen LogP contribution >= 0.6 is 0 Å². The van der Waals surface area contributed by atoms with Crippen molar-refractivity contribution in [2.24, 2.45) is 5.92 Å². The lowest BCUT2D eigenvalue weighted by Gasteiger charge is -2.33. The smallest absolute Gasteiger partial charge is 0.279 e. The molecule has 0 aliphatic carbocycles. The Morgan fingerprint density at radius 1 is 1.41 bits per heavy atom. The molecule has 2 rings (SSSR count). The first-order chi connectivity index (χ1) is 10.4. The summed E-state index contributed by atoms with van der Waals surface area (Å²) >= 11 is 0. The van der Waals surface area contributed by atoms with Crippen LogP contribution in [-0.4, -0.2) is 43.1 Å². The topological polar surface area (TPSA) is 75.9 Å². The van der Waals surface area contributed by atoms with Gasteiger partial charge in [0, 0.05) is 32.3 Å². The first kappa shape index (κ1) is 16.2. The maximum atomic E-state index is 12.4. The van der Waals surface area contributed by atoms with Gasteiger partial charge in [0.25, 0.3) is 11.6 Å². The lowest BCUT2D eigenvalue weighted by Crippen LogP contribution is -2.35. The molecule has 1 aliphatic rings. The quantitative estimate of drug-likeness (QED) is 0.631. The fraction of sp³-hybridized carbons (Fsp3) is 0.533. The Morgan fingerprint density at radius 2 is 2.05 bits per heavy atom. The third-order valence-corrected chi connectivity index (χ3v) is 4.11. The Kier molecular flexibility index (Phi) is 4.97. The van der Waals surface area contributed by atoms with Crippen LogP contribution in [0.1, 0.15) is 30.1 Å². The number of hydroxylamine groups is 2. The maximum absolute atomic E-state index is 12.4. The van der Waals surface area contributed by atoms with E-state index in [1.165, 1.54) is 26.3 Å². The van der Waals surface area contributed by atoms with E-state index in [-0.39, 0.29) is 11.6 Å². The number of non-ortho nitro benzene ring substituents is 1. The molecule has 1 heterocycles. The Labute approximate surface area is 129 Å². The van der Waals surface area contributed by atoms with Gasteiger partial charge in [-0.05, 0) is 24.8 Å². The van der Waals surface area contributed by atoms with E-state index in [9.17, 15) is 14.9 Å². The monoisotopic (exact) mass is 307 g/mol. The third kappa shape index (κ3) is 3.36. The second kappa shape index (κ2) is 6.74. The van der Waals surface area contributed by atoms with Crippen molar-refractivity contribution in [1.29, 1.82) is 0 Å². The Balaban J connectivity index is 2.39. The summed E-state index contributed by atoms with van der Waals surface area (Å²) < 4.78 is 0. The van der Waals surface area contributed by atoms with Crippen molar-refractivity contribution in [3.8, 4) is 0 Å². The van der Waals surface area contributed by atoms with Crippen molar-refractivity contribution in [2.75, 3.05) is 32.1 Å². The molecule has 1 aromatic rings. The van der Waals surface area contributed by atoms with Gasteiger partial charge in [-0.3, -0.25) is 19.7 Å². The third-order valence-electron chi connectivity index (χ3n) is 4.11. The molecule has 0 spiro atoms. The Morgan fingerprint density at radius 3 is 2.59 bits per heavy atom. The minimum absolute atomic E-state index is 0.0954. The Hall–Kier alpha value is -2.15. The minimum Gasteiger partial charge on any atom is -0.371 e. The molecule has 0 bridgehead atoms. The molecule has 0 N–H and O–H groups in total. The number of hydrogen-bond acceptors (Lipinski definition) is 5. The van der Waals surface area contributed by atoms with E-state index >= 15 is 0 Å². The van der Waals surface area contributed by atoms with Crippen molar-refractivity contribution < 1.29 is 14.6 Å². The molecule has 1 fully saturated rings. The van der Waals surface area contributed by atoms with E-state index in [0.29, 0.717) is 11.5 Å². The van der Waals surface area contributed by atoms with Crippen LogP contribution in [0.5, 0.6) is 0 Å². The van der Waals surface area contributed by atoms with E-state index in [2.05, 4.69) is 11.8 Å². The minimum atomic E-state index is -0.494. The molecule has 1 aliphatic heterocycles. The molecule has 1 amide bonds. The predicted octanol–water partition coefficient (Wildman–Crippen LogP) is 2.46. The van der Waals surface area contributed by atoms with Gasteiger partial charge >= 0.3 is 0 Å². The van der Waals surface area contributed by atoms with Crippen molar-refractivity contribution in [1.82, 2.24) is 5.06 Å². The summed E-state index contributed by atoms with van der Waals surface area (Å²) in [4.78, 5) is 30.0. The number of carbonyl (C=O) groups excluding carboxylic acids is 1. The van der Waals surface area contributed by atoms with Gasteiger partial charge in [0.15, 0.2) is 0 Å². The molecular weight excluding hydrogens is 286 g/mol. The van der Waals surface area contributed by atoms with Gasteiger partial charge in [0.05, 0.1) is 23.3 Å². The fourth-order valence-electron chi connectivity index (χ4n) is 2.59. The van der Waals surface area contributed by atoms with E-state index < -0.39 is 4.92 Å². The summed E-state index contributed by atoms with van der Waals surface area (Å²) in [5, 5.41) is 12.1. The average molecular weight is 307 g/mol. The summed E-state index contributed by atoms with van der Waals surface area (Å²) in [5.74, 6) is 0.273. The molecule has 120 valence electrons. The number of nitro benzene ring substituents is 1. The standard InChI is InChI=1S/C15H21N3O4/c1-11-6-8-17(9-7-11)14-5-4-12(18(20)21)10-13(14)15(19)16(2)22-3/h4-5,10-11H,6-9H2,1-3H3. The van der Waals surface area contributed by atoms with Crippen LogP contribution in [0.4, 0.5) is 11.4 Å². The Bertz CT molecular complexity index is 568. The van der Waals surface area contributed by atoms with Gasteiger partial charge < -0.3 is 4.90 Å². The van der Waals surface area contributed by atoms with Crippen LogP contribution in [0.15, 0.2) is 18.2 Å². The summed E-state index contributed by atoms with van der Waals surface area (Å²) in [6, 6.07) is 4.42. The van der Waals surface area contributed by atoms with Crippen molar-refractivity contribution in [3.63, 3.8) is 0 Å². The first-order valence-corrected chi connectivity index (χ1v) is 7.29. The van der Waals surface area contributed by atoms with Crippen molar-refractivity contribution in [3.05, 3.63) is 33.9 Å². The lowest BCUT2D eigenvalue weighted by molar-refractivity contribution is -0.384. The zero-order chi connectivity index (χ0) is 16.3. The molecule has 0 atom stereocenters. The molecule has 7 heteroatoms. The highest BCUT2D eigenvalue weighted by Crippen LogP contribution is 2.30. The van der Waals surface area contributed by atoms with Crippen LogP contribution in [0.3, 0.4) is 0 Å². The van der Waals surface area contributed by atoms with Crippen LogP contribution in [0.2, 0.25) is 0 Å². The summed E-state index contributed by atoms with van der Waals surface area (Å²) in [5.41, 5.74) is 0.932. The number of amides is 1. The van der Waals surface area contributed by atoms with Gasteiger partial charge in [-0.2, -0.15) is 0 Å². The second-order valence-electron chi connectivity index (χ2n) is 5.61. The molecule has 1 saturated heterocycles. The van der Waals surface area contributed by atoms with Gasteiger partial charge in [0.2, 0.25) is 0 Å². The molecule has 0 radical (unpaired) electrons. The molecule has 7 nitrogen and oxygen atoms in total. The van der Waals surface area contributed by atoms with E-state index in [1.807, 2.05) is 0 Å². The second-order valence-corrected chi connectivity index (χ2v) is 5.61. The summed E-state index contributed by atoms with van der Waals surface area (Å²) in [7, 11) is 2.88. The fourth-order valence-corrected chi connectivity index (χ4v) is 2.59. The van der Waals surface area contributed by atoms with Crippen LogP contribution in [-0.2, 0) is 4.84 Å². The number of piperidine rings is 1. The summed E-state index contributed by atoms with van der Waals surface area (Å²) in [6.07, 6.45) is 2.09. The largest absolute Gasteiger partial charge is 0.371 e. The number of carbonyl (C=O) groups is 1. The van der Waals surface area contributed by atoms with Crippen LogP contribution < -0.4 is 4.90 Å². The highest BCUT2D eigenvalue weighted by molar-refractivity contribution is 5.99. The van der Waals surface area contributed by atoms with Crippen molar-refractivity contribution >= 4 is 17.3 Å². The van der Waals surface area contributed by atoms with E-state index in [0.717, 1.165) is 36.7 Å². The number of benzene rings is 1. The number of anilines is 1.